The first-order valence-corrected chi connectivity index (χ1v) is 10.2. The van der Waals surface area contributed by atoms with Gasteiger partial charge in [0.15, 0.2) is 0 Å². The van der Waals surface area contributed by atoms with E-state index in [4.69, 9.17) is 25.8 Å². The molecule has 156 valence electrons. The molecule has 1 aliphatic rings. The maximum Gasteiger partial charge on any atom is 0.351 e. The standard InChI is InChI=1S/C23H23ClN2O4/c1-15-3-7-17(8-4-15)28-14-20-19(29-18-9-5-16(2)6-10-18)13-22(30-20)26-12-11-21(24)25-23(26)27/h3-12,19-20,22H,13-14H2,1-2H3/t19-,20+,22+/m0/s1. The van der Waals surface area contributed by atoms with Gasteiger partial charge in [-0.3, -0.25) is 4.57 Å². The Morgan fingerprint density at radius 3 is 2.30 bits per heavy atom. The Bertz CT molecular complexity index is 1050. The highest BCUT2D eigenvalue weighted by molar-refractivity contribution is 6.29. The van der Waals surface area contributed by atoms with Crippen molar-refractivity contribution in [3.05, 3.63) is 87.6 Å². The van der Waals surface area contributed by atoms with Gasteiger partial charge >= 0.3 is 5.69 Å². The Balaban J connectivity index is 1.52. The molecule has 1 aliphatic heterocycles. The first-order valence-electron chi connectivity index (χ1n) is 9.81. The van der Waals surface area contributed by atoms with Crippen molar-refractivity contribution in [2.24, 2.45) is 0 Å². The predicted molar refractivity (Wildman–Crippen MR) is 114 cm³/mol. The van der Waals surface area contributed by atoms with Gasteiger partial charge in [0.05, 0.1) is 0 Å². The second-order valence-corrected chi connectivity index (χ2v) is 7.79. The van der Waals surface area contributed by atoms with Crippen molar-refractivity contribution in [1.29, 1.82) is 0 Å². The van der Waals surface area contributed by atoms with Crippen LogP contribution < -0.4 is 15.2 Å². The molecule has 0 bridgehead atoms. The van der Waals surface area contributed by atoms with Crippen LogP contribution in [0.4, 0.5) is 0 Å². The predicted octanol–water partition coefficient (Wildman–Crippen LogP) is 4.33. The van der Waals surface area contributed by atoms with E-state index >= 15 is 0 Å². The van der Waals surface area contributed by atoms with E-state index in [1.807, 2.05) is 62.4 Å². The second-order valence-electron chi connectivity index (χ2n) is 7.40. The Morgan fingerprint density at radius 1 is 1.03 bits per heavy atom. The SMILES string of the molecule is Cc1ccc(OC[C@H]2O[C@@H](n3ccc(Cl)nc3=O)C[C@@H]2Oc2ccc(C)cc2)cc1. The van der Waals surface area contributed by atoms with E-state index < -0.39 is 11.9 Å². The number of halogens is 1. The smallest absolute Gasteiger partial charge is 0.351 e. The number of hydrogen-bond acceptors (Lipinski definition) is 5. The number of nitrogens with zero attached hydrogens (tertiary/aromatic N) is 2. The number of aryl methyl sites for hydroxylation is 2. The first-order chi connectivity index (χ1) is 14.5. The molecule has 1 fully saturated rings. The largest absolute Gasteiger partial charge is 0.491 e. The highest BCUT2D eigenvalue weighted by Crippen LogP contribution is 2.32. The maximum atomic E-state index is 12.3. The zero-order valence-corrected chi connectivity index (χ0v) is 17.6. The van der Waals surface area contributed by atoms with Crippen molar-refractivity contribution in [3.8, 4) is 11.5 Å². The van der Waals surface area contributed by atoms with Crippen molar-refractivity contribution in [2.75, 3.05) is 6.61 Å². The van der Waals surface area contributed by atoms with E-state index in [1.54, 1.807) is 12.3 Å². The molecule has 3 atom stereocenters. The summed E-state index contributed by atoms with van der Waals surface area (Å²) in [4.78, 5) is 16.0. The van der Waals surface area contributed by atoms with Crippen LogP contribution >= 0.6 is 11.6 Å². The lowest BCUT2D eigenvalue weighted by molar-refractivity contribution is -0.0371. The Hall–Kier alpha value is -2.83. The Morgan fingerprint density at radius 2 is 1.67 bits per heavy atom. The molecule has 0 amide bonds. The lowest BCUT2D eigenvalue weighted by Crippen LogP contribution is -2.32. The van der Waals surface area contributed by atoms with Gasteiger partial charge in [-0.2, -0.15) is 4.98 Å². The first kappa shape index (κ1) is 20.4. The summed E-state index contributed by atoms with van der Waals surface area (Å²) in [5.41, 5.74) is 1.86. The monoisotopic (exact) mass is 426 g/mol. The van der Waals surface area contributed by atoms with Crippen LogP contribution in [-0.2, 0) is 4.74 Å². The van der Waals surface area contributed by atoms with Gasteiger partial charge in [0.2, 0.25) is 0 Å². The van der Waals surface area contributed by atoms with Gasteiger partial charge in [0.25, 0.3) is 0 Å². The lowest BCUT2D eigenvalue weighted by atomic mass is 10.1. The summed E-state index contributed by atoms with van der Waals surface area (Å²) in [5.74, 6) is 1.50. The lowest BCUT2D eigenvalue weighted by Gasteiger charge is -2.20. The highest BCUT2D eigenvalue weighted by atomic mass is 35.5. The summed E-state index contributed by atoms with van der Waals surface area (Å²) in [7, 11) is 0. The van der Waals surface area contributed by atoms with Crippen LogP contribution in [0.15, 0.2) is 65.6 Å². The van der Waals surface area contributed by atoms with Gasteiger partial charge in [0, 0.05) is 12.6 Å². The number of rotatable bonds is 6. The zero-order valence-electron chi connectivity index (χ0n) is 16.8. The molecule has 1 saturated heterocycles. The molecule has 0 spiro atoms. The molecule has 0 aliphatic carbocycles. The average molecular weight is 427 g/mol. The van der Waals surface area contributed by atoms with Crippen molar-refractivity contribution in [1.82, 2.24) is 9.55 Å². The molecule has 7 heteroatoms. The van der Waals surface area contributed by atoms with Gasteiger partial charge < -0.3 is 14.2 Å². The van der Waals surface area contributed by atoms with Crippen molar-refractivity contribution in [3.63, 3.8) is 0 Å². The molecule has 0 N–H and O–H groups in total. The minimum atomic E-state index is -0.510. The number of ether oxygens (including phenoxy) is 3. The third kappa shape index (κ3) is 4.83. The number of benzene rings is 2. The van der Waals surface area contributed by atoms with Gasteiger partial charge in [0.1, 0.15) is 41.7 Å². The fraction of sp³-hybridized carbons (Fsp3) is 0.304. The van der Waals surface area contributed by atoms with E-state index in [0.717, 1.165) is 22.6 Å². The molecule has 4 rings (SSSR count). The third-order valence-corrected chi connectivity index (χ3v) is 5.24. The quantitative estimate of drug-likeness (QED) is 0.549. The zero-order chi connectivity index (χ0) is 21.1. The number of aromatic nitrogens is 2. The summed E-state index contributed by atoms with van der Waals surface area (Å²) in [6.45, 7) is 4.35. The molecule has 0 radical (unpaired) electrons. The van der Waals surface area contributed by atoms with Crippen molar-refractivity contribution in [2.45, 2.75) is 38.7 Å². The van der Waals surface area contributed by atoms with E-state index in [-0.39, 0.29) is 17.4 Å². The third-order valence-electron chi connectivity index (χ3n) is 5.03. The topological polar surface area (TPSA) is 62.6 Å². The van der Waals surface area contributed by atoms with Crippen molar-refractivity contribution >= 4 is 11.6 Å². The minimum Gasteiger partial charge on any atom is -0.491 e. The average Bonchev–Trinajstić information content (AvgIpc) is 3.11. The molecular formula is C23H23ClN2O4. The molecule has 0 saturated carbocycles. The van der Waals surface area contributed by atoms with Crippen LogP contribution in [0.3, 0.4) is 0 Å². The van der Waals surface area contributed by atoms with Crippen LogP contribution in [0.2, 0.25) is 5.15 Å². The van der Waals surface area contributed by atoms with E-state index in [1.165, 1.54) is 4.57 Å². The van der Waals surface area contributed by atoms with E-state index in [0.29, 0.717) is 13.0 Å². The van der Waals surface area contributed by atoms with Gasteiger partial charge in [-0.1, -0.05) is 47.0 Å². The van der Waals surface area contributed by atoms with Crippen molar-refractivity contribution < 1.29 is 14.2 Å². The molecule has 1 aromatic heterocycles. The summed E-state index contributed by atoms with van der Waals surface area (Å²) in [6.07, 6.45) is 0.920. The maximum absolute atomic E-state index is 12.3. The molecule has 6 nitrogen and oxygen atoms in total. The molecule has 30 heavy (non-hydrogen) atoms. The fourth-order valence-corrected chi connectivity index (χ4v) is 3.49. The van der Waals surface area contributed by atoms with E-state index in [9.17, 15) is 4.79 Å². The van der Waals surface area contributed by atoms with E-state index in [2.05, 4.69) is 4.98 Å². The number of hydrogen-bond donors (Lipinski definition) is 0. The summed E-state index contributed by atoms with van der Waals surface area (Å²) in [5, 5.41) is 0.154. The highest BCUT2D eigenvalue weighted by Gasteiger charge is 2.39. The minimum absolute atomic E-state index is 0.154. The van der Waals surface area contributed by atoms with Crippen LogP contribution in [0.5, 0.6) is 11.5 Å². The summed E-state index contributed by atoms with van der Waals surface area (Å²) in [6, 6.07) is 17.2. The fourth-order valence-electron chi connectivity index (χ4n) is 3.36. The van der Waals surface area contributed by atoms with Gasteiger partial charge in [-0.05, 0) is 44.2 Å². The molecule has 3 aromatic rings. The molecule has 2 heterocycles. The summed E-state index contributed by atoms with van der Waals surface area (Å²) < 4.78 is 19.7. The van der Waals surface area contributed by atoms with Crippen LogP contribution in [0.25, 0.3) is 0 Å². The summed E-state index contributed by atoms with van der Waals surface area (Å²) >= 11 is 5.82. The Labute approximate surface area is 180 Å². The molecule has 2 aromatic carbocycles. The van der Waals surface area contributed by atoms with Crippen LogP contribution in [-0.4, -0.2) is 28.4 Å². The van der Waals surface area contributed by atoms with Gasteiger partial charge in [-0.15, -0.1) is 0 Å². The molecular weight excluding hydrogens is 404 g/mol. The second kappa shape index (κ2) is 8.90. The molecule has 0 unspecified atom stereocenters. The normalized spacial score (nSPS) is 20.8. The van der Waals surface area contributed by atoms with Crippen LogP contribution in [0, 0.1) is 13.8 Å². The van der Waals surface area contributed by atoms with Crippen LogP contribution in [0.1, 0.15) is 23.8 Å². The Kier molecular flexibility index (Phi) is 6.06. The van der Waals surface area contributed by atoms with Gasteiger partial charge in [-0.25, -0.2) is 4.79 Å².